The number of halogens is 8. The number of alkyl halides is 8. The lowest BCUT2D eigenvalue weighted by Crippen LogP contribution is -2.82. The van der Waals surface area contributed by atoms with Gasteiger partial charge in [0.25, 0.3) is 0 Å². The topological polar surface area (TPSA) is 60.4 Å². The minimum Gasteiger partial charge on any atom is -0.750 e. The van der Waals surface area contributed by atoms with E-state index in [0.29, 0.717) is 0 Å². The van der Waals surface area contributed by atoms with Crippen LogP contribution in [0.2, 0.25) is 0 Å². The largest absolute Gasteiger partial charge is 0.750 e. The zero-order chi connectivity index (χ0) is 13.6. The van der Waals surface area contributed by atoms with E-state index in [1.807, 2.05) is 0 Å². The van der Waals surface area contributed by atoms with Crippen molar-refractivity contribution in [1.29, 1.82) is 0 Å². The third kappa shape index (κ3) is 2.25. The molecule has 1 aliphatic carbocycles. The summed E-state index contributed by atoms with van der Waals surface area (Å²) in [6, 6.07) is 0. The van der Waals surface area contributed by atoms with Gasteiger partial charge in [-0.2, -0.15) is 35.1 Å². The Morgan fingerprint density at radius 1 is 0.765 bits per heavy atom. The first-order chi connectivity index (χ1) is 6.73. The van der Waals surface area contributed by atoms with Crippen molar-refractivity contribution in [3.8, 4) is 0 Å². The molecule has 3 nitrogen and oxygen atoms in total. The molecule has 1 aliphatic rings. The second-order valence-corrected chi connectivity index (χ2v) is 2.95. The Morgan fingerprint density at radius 3 is 0.882 bits per heavy atom. The van der Waals surface area contributed by atoms with E-state index >= 15 is 0 Å². The van der Waals surface area contributed by atoms with E-state index in [2.05, 4.69) is 0 Å². The van der Waals surface area contributed by atoms with E-state index in [1.54, 1.807) is 0 Å². The molecular formula is C5H5F8O3S-. The molecule has 1 saturated carbocycles. The van der Waals surface area contributed by atoms with Crippen LogP contribution in [0.5, 0.6) is 0 Å². The van der Waals surface area contributed by atoms with Gasteiger partial charge in [-0.3, -0.25) is 0 Å². The molecule has 1 unspecified atom stereocenters. The van der Waals surface area contributed by atoms with Crippen molar-refractivity contribution in [1.82, 2.24) is 0 Å². The molecule has 0 bridgehead atoms. The van der Waals surface area contributed by atoms with E-state index in [4.69, 9.17) is 13.3 Å². The Balaban J connectivity index is 0. The van der Waals surface area contributed by atoms with Crippen LogP contribution in [0.25, 0.3) is 0 Å². The third-order valence-electron chi connectivity index (χ3n) is 1.58. The van der Waals surface area contributed by atoms with Gasteiger partial charge in [0.1, 0.15) is 0 Å². The van der Waals surface area contributed by atoms with Crippen LogP contribution in [0.1, 0.15) is 7.43 Å². The summed E-state index contributed by atoms with van der Waals surface area (Å²) in [6.45, 7) is 0. The van der Waals surface area contributed by atoms with Gasteiger partial charge < -0.3 is 9.11 Å². The Bertz CT molecular complexity index is 236. The lowest BCUT2D eigenvalue weighted by molar-refractivity contribution is -0.506. The average Bonchev–Trinajstić information content (AvgIpc) is 2.00. The van der Waals surface area contributed by atoms with Gasteiger partial charge in [0.05, 0.1) is 11.4 Å². The quantitative estimate of drug-likeness (QED) is 0.552. The van der Waals surface area contributed by atoms with Crippen molar-refractivity contribution in [3.63, 3.8) is 0 Å². The molecule has 1 rings (SSSR count). The first-order valence-electron chi connectivity index (χ1n) is 3.03. The van der Waals surface area contributed by atoms with Crippen LogP contribution >= 0.6 is 0 Å². The van der Waals surface area contributed by atoms with E-state index < -0.39 is 35.1 Å². The van der Waals surface area contributed by atoms with Gasteiger partial charge in [0.15, 0.2) is 0 Å². The summed E-state index contributed by atoms with van der Waals surface area (Å²) in [4.78, 5) is 0. The van der Waals surface area contributed by atoms with E-state index in [9.17, 15) is 35.1 Å². The maximum Gasteiger partial charge on any atom is 0.385 e. The lowest BCUT2D eigenvalue weighted by Gasteiger charge is -2.49. The second kappa shape index (κ2) is 4.65. The minimum atomic E-state index is -5.97. The van der Waals surface area contributed by atoms with Crippen LogP contribution in [0, 0.1) is 0 Å². The SMILES string of the molecule is C.FC1(F)C(F)(F)C(F)(F)C1(F)F.O=S([O-])O. The molecule has 0 aromatic rings. The normalized spacial score (nSPS) is 27.6. The van der Waals surface area contributed by atoms with Crippen LogP contribution in [-0.4, -0.2) is 37.0 Å². The molecule has 0 aliphatic heterocycles. The van der Waals surface area contributed by atoms with Crippen LogP contribution in [0.15, 0.2) is 0 Å². The predicted molar refractivity (Wildman–Crippen MR) is 38.1 cm³/mol. The minimum absolute atomic E-state index is 0. The zero-order valence-electron chi connectivity index (χ0n) is 6.70. The molecule has 0 spiro atoms. The van der Waals surface area contributed by atoms with Gasteiger partial charge in [-0.05, 0) is 0 Å². The highest BCUT2D eigenvalue weighted by atomic mass is 32.2. The Morgan fingerprint density at radius 2 is 0.824 bits per heavy atom. The van der Waals surface area contributed by atoms with Gasteiger partial charge in [0.2, 0.25) is 0 Å². The van der Waals surface area contributed by atoms with Crippen molar-refractivity contribution in [3.05, 3.63) is 0 Å². The third-order valence-corrected chi connectivity index (χ3v) is 1.58. The molecule has 106 valence electrons. The summed E-state index contributed by atoms with van der Waals surface area (Å²) in [5.74, 6) is -23.9. The Labute approximate surface area is 91.9 Å². The molecule has 0 heterocycles. The molecule has 1 fully saturated rings. The van der Waals surface area contributed by atoms with Crippen LogP contribution < -0.4 is 0 Å². The number of rotatable bonds is 0. The highest BCUT2D eigenvalue weighted by Crippen LogP contribution is 2.69. The molecule has 1 N–H and O–H groups in total. The predicted octanol–water partition coefficient (Wildman–Crippen LogP) is 2.52. The van der Waals surface area contributed by atoms with Crippen molar-refractivity contribution in [2.45, 2.75) is 31.1 Å². The van der Waals surface area contributed by atoms with Crippen LogP contribution in [-0.2, 0) is 11.4 Å². The average molecular weight is 297 g/mol. The maximum atomic E-state index is 11.6. The first kappa shape index (κ1) is 18.9. The molecule has 0 saturated heterocycles. The van der Waals surface area contributed by atoms with Gasteiger partial charge in [-0.25, -0.2) is 4.21 Å². The fourth-order valence-corrected chi connectivity index (χ4v) is 0.726. The summed E-state index contributed by atoms with van der Waals surface area (Å²) in [5, 5.41) is 0. The van der Waals surface area contributed by atoms with Gasteiger partial charge in [0, 0.05) is 0 Å². The van der Waals surface area contributed by atoms with Gasteiger partial charge >= 0.3 is 23.7 Å². The molecule has 0 amide bonds. The highest BCUT2D eigenvalue weighted by Gasteiger charge is 3.01. The molecule has 17 heavy (non-hydrogen) atoms. The van der Waals surface area contributed by atoms with Crippen molar-refractivity contribution < 1.29 is 48.4 Å². The number of hydrogen-bond donors (Lipinski definition) is 1. The van der Waals surface area contributed by atoms with Gasteiger partial charge in [-0.15, -0.1) is 0 Å². The summed E-state index contributed by atoms with van der Waals surface area (Å²) in [6.07, 6.45) is 0. The highest BCUT2D eigenvalue weighted by molar-refractivity contribution is 7.73. The molecule has 1 atom stereocenters. The van der Waals surface area contributed by atoms with E-state index in [1.165, 1.54) is 0 Å². The lowest BCUT2D eigenvalue weighted by atomic mass is 9.80. The molecule has 0 aromatic carbocycles. The van der Waals surface area contributed by atoms with Crippen LogP contribution in [0.3, 0.4) is 0 Å². The standard InChI is InChI=1S/C4F8.CH4.H2O3S/c5-1(6)2(7,8)4(11,12)3(1,9)10;;1-4(2)3/h;1H4;(H2,1,2,3)/p-1. The summed E-state index contributed by atoms with van der Waals surface area (Å²) in [5.41, 5.74) is 0. The molecule has 12 heteroatoms. The first-order valence-corrected chi connectivity index (χ1v) is 4.06. The molecule has 0 aromatic heterocycles. The maximum absolute atomic E-state index is 11.6. The van der Waals surface area contributed by atoms with E-state index in [-0.39, 0.29) is 7.43 Å². The molecular weight excluding hydrogens is 292 g/mol. The second-order valence-electron chi connectivity index (χ2n) is 2.51. The van der Waals surface area contributed by atoms with Crippen LogP contribution in [0.4, 0.5) is 35.1 Å². The van der Waals surface area contributed by atoms with Crippen molar-refractivity contribution in [2.75, 3.05) is 0 Å². The summed E-state index contributed by atoms with van der Waals surface area (Å²) in [7, 11) is 0. The van der Waals surface area contributed by atoms with Gasteiger partial charge in [-0.1, -0.05) is 7.43 Å². The monoisotopic (exact) mass is 297 g/mol. The smallest absolute Gasteiger partial charge is 0.385 e. The fourth-order valence-electron chi connectivity index (χ4n) is 0.726. The zero-order valence-corrected chi connectivity index (χ0v) is 7.51. The van der Waals surface area contributed by atoms with E-state index in [0.717, 1.165) is 0 Å². The Hall–Kier alpha value is -0.490. The van der Waals surface area contributed by atoms with Crippen molar-refractivity contribution in [2.24, 2.45) is 0 Å². The summed E-state index contributed by atoms with van der Waals surface area (Å²) >= 11 is -2.86. The number of hydrogen-bond acceptors (Lipinski definition) is 2. The molecule has 0 radical (unpaired) electrons. The summed E-state index contributed by atoms with van der Waals surface area (Å²) < 4.78 is 117. The van der Waals surface area contributed by atoms with Crippen molar-refractivity contribution >= 4 is 11.4 Å². The fraction of sp³-hybridized carbons (Fsp3) is 1.00. The Kier molecular flexibility index (Phi) is 5.16.